The molecule has 3 rings (SSSR count). The van der Waals surface area contributed by atoms with Crippen molar-refractivity contribution in [2.24, 2.45) is 5.16 Å². The molecule has 4 nitrogen and oxygen atoms in total. The first-order valence-electron chi connectivity index (χ1n) is 7.69. The van der Waals surface area contributed by atoms with Gasteiger partial charge >= 0.3 is 5.97 Å². The molecule has 0 saturated carbocycles. The molecule has 0 N–H and O–H groups in total. The molecule has 0 unspecified atom stereocenters. The highest BCUT2D eigenvalue weighted by Gasteiger charge is 2.13. The summed E-state index contributed by atoms with van der Waals surface area (Å²) in [4.78, 5) is 22.5. The maximum absolute atomic E-state index is 12.0. The molecule has 132 valence electrons. The number of carbonyl (C=O) groups is 1. The van der Waals surface area contributed by atoms with Gasteiger partial charge in [-0.25, -0.2) is 9.78 Å². The third kappa shape index (κ3) is 4.30. The highest BCUT2D eigenvalue weighted by molar-refractivity contribution is 7.17. The first-order valence-corrected chi connectivity index (χ1v) is 9.26. The Morgan fingerprint density at radius 2 is 1.62 bits per heavy atom. The van der Waals surface area contributed by atoms with Gasteiger partial charge in [0.2, 0.25) is 0 Å². The van der Waals surface area contributed by atoms with Crippen LogP contribution in [0.1, 0.15) is 27.9 Å². The number of benzene rings is 2. The van der Waals surface area contributed by atoms with Gasteiger partial charge in [-0.1, -0.05) is 40.5 Å². The third-order valence-corrected chi connectivity index (χ3v) is 5.38. The molecule has 0 saturated heterocycles. The summed E-state index contributed by atoms with van der Waals surface area (Å²) in [5, 5.41) is 6.04. The minimum absolute atomic E-state index is 0.383. The molecule has 0 aliphatic carbocycles. The summed E-state index contributed by atoms with van der Waals surface area (Å²) in [5.74, 6) is -0.541. The molecule has 7 heteroatoms. The molecule has 2 aromatic carbocycles. The lowest BCUT2D eigenvalue weighted by molar-refractivity contribution is 0.0516. The van der Waals surface area contributed by atoms with Gasteiger partial charge in [0.1, 0.15) is 5.01 Å². The van der Waals surface area contributed by atoms with Gasteiger partial charge in [-0.15, -0.1) is 11.3 Å². The molecule has 0 aliphatic heterocycles. The molecule has 0 radical (unpaired) electrons. The largest absolute Gasteiger partial charge is 0.365 e. The van der Waals surface area contributed by atoms with E-state index in [1.807, 2.05) is 31.2 Å². The van der Waals surface area contributed by atoms with E-state index in [-0.39, 0.29) is 0 Å². The quantitative estimate of drug-likeness (QED) is 0.304. The zero-order valence-corrected chi connectivity index (χ0v) is 16.3. The van der Waals surface area contributed by atoms with Gasteiger partial charge < -0.3 is 4.84 Å². The van der Waals surface area contributed by atoms with Crippen molar-refractivity contribution in [2.45, 2.75) is 13.8 Å². The van der Waals surface area contributed by atoms with Crippen molar-refractivity contribution in [3.8, 4) is 10.6 Å². The number of oxime groups is 1. The molecule has 1 aromatic heterocycles. The van der Waals surface area contributed by atoms with Gasteiger partial charge in [0.05, 0.1) is 21.8 Å². The van der Waals surface area contributed by atoms with Crippen molar-refractivity contribution in [3.63, 3.8) is 0 Å². The zero-order valence-electron chi connectivity index (χ0n) is 14.0. The van der Waals surface area contributed by atoms with Gasteiger partial charge in [-0.3, -0.25) is 0 Å². The standard InChI is InChI=1S/C19H14Cl2N2O2S/c1-11-17(26-18(22-11)13-3-7-15(20)8-4-13)12(2)23-25-19(24)14-5-9-16(21)10-6-14/h3-10H,1-2H3/b23-12-. The topological polar surface area (TPSA) is 51.5 Å². The lowest BCUT2D eigenvalue weighted by Gasteiger charge is -2.00. The van der Waals surface area contributed by atoms with E-state index in [0.717, 1.165) is 21.1 Å². The highest BCUT2D eigenvalue weighted by Crippen LogP contribution is 2.29. The first kappa shape index (κ1) is 18.6. The number of nitrogens with zero attached hydrogens (tertiary/aromatic N) is 2. The lowest BCUT2D eigenvalue weighted by Crippen LogP contribution is -2.03. The van der Waals surface area contributed by atoms with Crippen LogP contribution >= 0.6 is 34.5 Å². The minimum atomic E-state index is -0.541. The molecule has 0 fully saturated rings. The predicted octanol–water partition coefficient (Wildman–Crippen LogP) is 6.01. The van der Waals surface area contributed by atoms with Gasteiger partial charge in [-0.05, 0) is 50.2 Å². The van der Waals surface area contributed by atoms with E-state index >= 15 is 0 Å². The molecule has 0 aliphatic rings. The van der Waals surface area contributed by atoms with Crippen molar-refractivity contribution in [3.05, 3.63) is 74.7 Å². The second-order valence-electron chi connectivity index (χ2n) is 5.50. The van der Waals surface area contributed by atoms with Crippen LogP contribution in [-0.2, 0) is 4.84 Å². The smallest absolute Gasteiger partial charge is 0.313 e. The summed E-state index contributed by atoms with van der Waals surface area (Å²) >= 11 is 13.2. The number of hydrogen-bond donors (Lipinski definition) is 0. The molecule has 0 atom stereocenters. The normalized spacial score (nSPS) is 11.5. The van der Waals surface area contributed by atoms with Gasteiger partial charge in [0.25, 0.3) is 0 Å². The van der Waals surface area contributed by atoms with E-state index in [4.69, 9.17) is 28.0 Å². The van der Waals surface area contributed by atoms with Crippen LogP contribution in [0, 0.1) is 6.92 Å². The van der Waals surface area contributed by atoms with Crippen molar-refractivity contribution < 1.29 is 9.63 Å². The van der Waals surface area contributed by atoms with E-state index < -0.39 is 5.97 Å². The summed E-state index contributed by atoms with van der Waals surface area (Å²) in [6.07, 6.45) is 0. The molecular formula is C19H14Cl2N2O2S. The lowest BCUT2D eigenvalue weighted by atomic mass is 10.2. The third-order valence-electron chi connectivity index (χ3n) is 3.56. The fourth-order valence-electron chi connectivity index (χ4n) is 2.24. The van der Waals surface area contributed by atoms with Crippen LogP contribution in [-0.4, -0.2) is 16.7 Å². The summed E-state index contributed by atoms with van der Waals surface area (Å²) < 4.78 is 0. The second kappa shape index (κ2) is 7.99. The van der Waals surface area contributed by atoms with Crippen LogP contribution in [0.15, 0.2) is 53.7 Å². The molecule has 1 heterocycles. The Morgan fingerprint density at radius 3 is 2.23 bits per heavy atom. The molecule has 3 aromatic rings. The number of rotatable bonds is 4. The van der Waals surface area contributed by atoms with Gasteiger partial charge in [0, 0.05) is 15.6 Å². The Morgan fingerprint density at radius 1 is 1.04 bits per heavy atom. The van der Waals surface area contributed by atoms with Crippen LogP contribution in [0.2, 0.25) is 10.0 Å². The first-order chi connectivity index (χ1) is 12.4. The Hall–Kier alpha value is -2.21. The van der Waals surface area contributed by atoms with E-state index in [1.165, 1.54) is 11.3 Å². The van der Waals surface area contributed by atoms with E-state index in [0.29, 0.717) is 21.3 Å². The maximum Gasteiger partial charge on any atom is 0.365 e. The number of aryl methyl sites for hydroxylation is 1. The molecule has 0 bridgehead atoms. The number of carbonyl (C=O) groups excluding carboxylic acids is 1. The van der Waals surface area contributed by atoms with E-state index in [1.54, 1.807) is 31.2 Å². The van der Waals surface area contributed by atoms with Crippen molar-refractivity contribution >= 4 is 46.2 Å². The highest BCUT2D eigenvalue weighted by atomic mass is 35.5. The van der Waals surface area contributed by atoms with E-state index in [9.17, 15) is 4.79 Å². The minimum Gasteiger partial charge on any atom is -0.313 e. The Bertz CT molecular complexity index is 964. The molecule has 0 spiro atoms. The summed E-state index contributed by atoms with van der Waals surface area (Å²) in [6.45, 7) is 3.67. The van der Waals surface area contributed by atoms with Crippen LogP contribution in [0.5, 0.6) is 0 Å². The van der Waals surface area contributed by atoms with Crippen LogP contribution < -0.4 is 0 Å². The monoisotopic (exact) mass is 404 g/mol. The summed E-state index contributed by atoms with van der Waals surface area (Å²) in [6, 6.07) is 13.9. The zero-order chi connectivity index (χ0) is 18.7. The Labute approximate surface area is 165 Å². The Balaban J connectivity index is 1.77. The van der Waals surface area contributed by atoms with Crippen LogP contribution in [0.4, 0.5) is 0 Å². The predicted molar refractivity (Wildman–Crippen MR) is 106 cm³/mol. The molecule has 0 amide bonds. The number of hydrogen-bond acceptors (Lipinski definition) is 5. The SMILES string of the molecule is C/C(=N/OC(=O)c1ccc(Cl)cc1)c1sc(-c2ccc(Cl)cc2)nc1C. The fourth-order valence-corrected chi connectivity index (χ4v) is 3.50. The van der Waals surface area contributed by atoms with Crippen LogP contribution in [0.25, 0.3) is 10.6 Å². The second-order valence-corrected chi connectivity index (χ2v) is 7.37. The average molecular weight is 405 g/mol. The summed E-state index contributed by atoms with van der Waals surface area (Å²) in [5.41, 5.74) is 2.76. The van der Waals surface area contributed by atoms with Crippen LogP contribution in [0.3, 0.4) is 0 Å². The fraction of sp³-hybridized carbons (Fsp3) is 0.105. The summed E-state index contributed by atoms with van der Waals surface area (Å²) in [7, 11) is 0. The van der Waals surface area contributed by atoms with E-state index in [2.05, 4.69) is 10.1 Å². The van der Waals surface area contributed by atoms with Gasteiger partial charge in [0.15, 0.2) is 0 Å². The maximum atomic E-state index is 12.0. The Kier molecular flexibility index (Phi) is 5.71. The average Bonchev–Trinajstić information content (AvgIpc) is 3.02. The number of halogens is 2. The number of aromatic nitrogens is 1. The van der Waals surface area contributed by atoms with Crippen molar-refractivity contribution in [1.82, 2.24) is 4.98 Å². The van der Waals surface area contributed by atoms with Gasteiger partial charge in [-0.2, -0.15) is 0 Å². The van der Waals surface area contributed by atoms with Crippen molar-refractivity contribution in [2.75, 3.05) is 0 Å². The van der Waals surface area contributed by atoms with Crippen molar-refractivity contribution in [1.29, 1.82) is 0 Å². The number of thiazole rings is 1. The molecular weight excluding hydrogens is 391 g/mol. The molecule has 26 heavy (non-hydrogen) atoms.